The van der Waals surface area contributed by atoms with Gasteiger partial charge in [-0.15, -0.1) is 0 Å². The van der Waals surface area contributed by atoms with Crippen LogP contribution >= 0.6 is 0 Å². The van der Waals surface area contributed by atoms with Crippen molar-refractivity contribution in [1.29, 1.82) is 0 Å². The Kier molecular flexibility index (Phi) is 9.07. The molecule has 1 aliphatic heterocycles. The first-order valence-corrected chi connectivity index (χ1v) is 18.3. The Morgan fingerprint density at radius 1 is 0.865 bits per heavy atom. The van der Waals surface area contributed by atoms with Gasteiger partial charge in [-0.25, -0.2) is 30.9 Å². The molecule has 13 heteroatoms. The van der Waals surface area contributed by atoms with E-state index in [9.17, 15) is 17.6 Å². The van der Waals surface area contributed by atoms with Gasteiger partial charge in [0.2, 0.25) is 0 Å². The third-order valence-electron chi connectivity index (χ3n) is 8.93. The number of anilines is 1. The summed E-state index contributed by atoms with van der Waals surface area (Å²) in [6.07, 6.45) is 5.99. The van der Waals surface area contributed by atoms with Crippen LogP contribution in [0.3, 0.4) is 0 Å². The molecule has 268 valence electrons. The molecule has 0 saturated carbocycles. The van der Waals surface area contributed by atoms with Gasteiger partial charge in [-0.2, -0.15) is 5.10 Å². The first-order chi connectivity index (χ1) is 24.7. The Labute approximate surface area is 300 Å². The van der Waals surface area contributed by atoms with Crippen molar-refractivity contribution in [3.63, 3.8) is 0 Å². The summed E-state index contributed by atoms with van der Waals surface area (Å²) in [6.45, 7) is 9.59. The Morgan fingerprint density at radius 3 is 2.31 bits per heavy atom. The molecule has 4 heterocycles. The van der Waals surface area contributed by atoms with Crippen molar-refractivity contribution in [1.82, 2.24) is 23.6 Å². The minimum absolute atomic E-state index is 0.0998. The predicted octanol–water partition coefficient (Wildman–Crippen LogP) is 7.50. The molecule has 52 heavy (non-hydrogen) atoms. The number of carbonyl (C=O) groups excluding carboxylic acids is 1. The molecule has 0 radical (unpaired) electrons. The van der Waals surface area contributed by atoms with E-state index in [1.165, 1.54) is 30.6 Å². The average molecular weight is 725 g/mol. The summed E-state index contributed by atoms with van der Waals surface area (Å²) >= 11 is 0. The van der Waals surface area contributed by atoms with Crippen molar-refractivity contribution in [3.8, 4) is 22.3 Å². The molecule has 1 saturated heterocycles. The molecule has 3 aromatic heterocycles. The van der Waals surface area contributed by atoms with Crippen LogP contribution in [0.2, 0.25) is 0 Å². The first-order valence-electron chi connectivity index (χ1n) is 16.9. The summed E-state index contributed by atoms with van der Waals surface area (Å²) in [7, 11) is -4.06. The highest BCUT2D eigenvalue weighted by molar-refractivity contribution is 7.90. The van der Waals surface area contributed by atoms with Crippen LogP contribution in [0.4, 0.5) is 19.3 Å². The molecule has 10 nitrogen and oxygen atoms in total. The number of hydrogen-bond acceptors (Lipinski definition) is 7. The van der Waals surface area contributed by atoms with Gasteiger partial charge in [-0.3, -0.25) is 4.68 Å². The van der Waals surface area contributed by atoms with E-state index in [0.29, 0.717) is 71.6 Å². The molecule has 0 bridgehead atoms. The van der Waals surface area contributed by atoms with Gasteiger partial charge in [-0.05, 0) is 81.8 Å². The van der Waals surface area contributed by atoms with Crippen molar-refractivity contribution < 1.29 is 26.7 Å². The smallest absolute Gasteiger partial charge is 0.410 e. The van der Waals surface area contributed by atoms with E-state index < -0.39 is 21.4 Å². The van der Waals surface area contributed by atoms with Crippen LogP contribution in [-0.4, -0.2) is 69.9 Å². The van der Waals surface area contributed by atoms with Gasteiger partial charge in [0.15, 0.2) is 5.65 Å². The molecule has 6 aromatic rings. The fraction of sp³-hybridized carbons (Fsp3) is 0.256. The number of carbonyl (C=O) groups is 1. The van der Waals surface area contributed by atoms with Crippen molar-refractivity contribution >= 4 is 32.8 Å². The summed E-state index contributed by atoms with van der Waals surface area (Å²) in [6, 6.07) is 19.5. The molecule has 0 N–H and O–H groups in total. The molecule has 7 rings (SSSR count). The van der Waals surface area contributed by atoms with E-state index in [-0.39, 0.29) is 22.5 Å². The van der Waals surface area contributed by atoms with Crippen LogP contribution < -0.4 is 4.90 Å². The molecule has 3 aromatic carbocycles. The van der Waals surface area contributed by atoms with Crippen LogP contribution in [0, 0.1) is 18.6 Å². The highest BCUT2D eigenvalue weighted by Gasteiger charge is 2.27. The summed E-state index contributed by atoms with van der Waals surface area (Å²) in [5.41, 5.74) is 3.81. The van der Waals surface area contributed by atoms with Crippen molar-refractivity contribution in [2.45, 2.75) is 44.7 Å². The summed E-state index contributed by atoms with van der Waals surface area (Å²) in [5, 5.41) is 4.95. The number of fused-ring (bicyclic) bond motifs is 1. The quantitative estimate of drug-likeness (QED) is 0.168. The van der Waals surface area contributed by atoms with E-state index in [0.717, 1.165) is 9.54 Å². The number of pyridine rings is 1. The fourth-order valence-electron chi connectivity index (χ4n) is 6.28. The van der Waals surface area contributed by atoms with Crippen molar-refractivity contribution in [3.05, 3.63) is 120 Å². The molecular formula is C39H38F2N6O4S. The second kappa shape index (κ2) is 13.5. The van der Waals surface area contributed by atoms with Gasteiger partial charge in [-0.1, -0.05) is 29.8 Å². The summed E-state index contributed by atoms with van der Waals surface area (Å²) in [4.78, 5) is 20.9. The van der Waals surface area contributed by atoms with Crippen LogP contribution in [0.25, 0.3) is 33.3 Å². The van der Waals surface area contributed by atoms with Gasteiger partial charge in [0.05, 0.1) is 17.6 Å². The molecule has 0 unspecified atom stereocenters. The zero-order valence-corrected chi connectivity index (χ0v) is 30.1. The molecule has 0 atom stereocenters. The zero-order chi connectivity index (χ0) is 36.8. The molecule has 0 aliphatic carbocycles. The Balaban J connectivity index is 1.22. The lowest BCUT2D eigenvalue weighted by molar-refractivity contribution is 0.0240. The lowest BCUT2D eigenvalue weighted by Gasteiger charge is -2.36. The van der Waals surface area contributed by atoms with E-state index >= 15 is 4.39 Å². The largest absolute Gasteiger partial charge is 0.444 e. The van der Waals surface area contributed by atoms with E-state index in [1.807, 2.05) is 38.7 Å². The number of benzene rings is 3. The third-order valence-corrected chi connectivity index (χ3v) is 10.6. The number of aromatic nitrogens is 4. The fourth-order valence-corrected chi connectivity index (χ4v) is 7.61. The van der Waals surface area contributed by atoms with Crippen molar-refractivity contribution in [2.24, 2.45) is 0 Å². The van der Waals surface area contributed by atoms with Crippen LogP contribution in [0.5, 0.6) is 0 Å². The van der Waals surface area contributed by atoms with Crippen LogP contribution in [-0.2, 0) is 21.3 Å². The average Bonchev–Trinajstić information content (AvgIpc) is 3.72. The normalized spacial score (nSPS) is 13.9. The Hall–Kier alpha value is -5.56. The molecule has 0 spiro atoms. The third kappa shape index (κ3) is 7.13. The Morgan fingerprint density at radius 2 is 1.62 bits per heavy atom. The second-order valence-corrected chi connectivity index (χ2v) is 15.7. The Bertz CT molecular complexity index is 2390. The topological polar surface area (TPSA) is 103 Å². The standard InChI is InChI=1S/C39H38F2N6O4S/c1-26-8-11-32(12-9-26)52(49,50)47-25-35(29-22-43-46(24-29)23-27-6-5-7-30(40)18-27)34-19-28(21-42-37(34)47)33-13-10-31(20-36(33)41)44-14-16-45(17-15-44)38(48)51-39(2,3)4/h5-13,18-22,24-25H,14-17,23H2,1-4H3. The van der Waals surface area contributed by atoms with E-state index in [4.69, 9.17) is 4.74 Å². The first kappa shape index (κ1) is 34.9. The van der Waals surface area contributed by atoms with Gasteiger partial charge >= 0.3 is 6.09 Å². The van der Waals surface area contributed by atoms with Crippen molar-refractivity contribution in [2.75, 3.05) is 31.1 Å². The number of rotatable bonds is 7. The highest BCUT2D eigenvalue weighted by atomic mass is 32.2. The molecule has 1 aliphatic rings. The summed E-state index contributed by atoms with van der Waals surface area (Å²) in [5.74, 6) is -0.821. The van der Waals surface area contributed by atoms with Gasteiger partial charge < -0.3 is 14.5 Å². The van der Waals surface area contributed by atoms with Gasteiger partial charge in [0.1, 0.15) is 17.2 Å². The predicted molar refractivity (Wildman–Crippen MR) is 196 cm³/mol. The number of halogens is 2. The minimum atomic E-state index is -4.06. The highest BCUT2D eigenvalue weighted by Crippen LogP contribution is 2.36. The van der Waals surface area contributed by atoms with Crippen LogP contribution in [0.1, 0.15) is 31.9 Å². The van der Waals surface area contributed by atoms with Crippen LogP contribution in [0.15, 0.2) is 102 Å². The number of hydrogen-bond donors (Lipinski definition) is 0. The number of piperazine rings is 1. The SMILES string of the molecule is Cc1ccc(S(=O)(=O)n2cc(-c3cnn(Cc4cccc(F)c4)c3)c3cc(-c4ccc(N5CCN(C(=O)OC(C)(C)C)CC5)cc4F)cnc32)cc1. The lowest BCUT2D eigenvalue weighted by atomic mass is 10.0. The lowest BCUT2D eigenvalue weighted by Crippen LogP contribution is -2.50. The maximum Gasteiger partial charge on any atom is 0.410 e. The van der Waals surface area contributed by atoms with Gasteiger partial charge in [0.25, 0.3) is 10.0 Å². The monoisotopic (exact) mass is 724 g/mol. The van der Waals surface area contributed by atoms with E-state index in [2.05, 4.69) is 10.1 Å². The molecule has 1 amide bonds. The number of amides is 1. The maximum absolute atomic E-state index is 15.9. The second-order valence-electron chi connectivity index (χ2n) is 13.9. The number of ether oxygens (including phenoxy) is 1. The van der Waals surface area contributed by atoms with Gasteiger partial charge in [0, 0.05) is 78.1 Å². The minimum Gasteiger partial charge on any atom is -0.444 e. The molecular weight excluding hydrogens is 687 g/mol. The zero-order valence-electron chi connectivity index (χ0n) is 29.3. The maximum atomic E-state index is 15.9. The number of aryl methyl sites for hydroxylation is 1. The summed E-state index contributed by atoms with van der Waals surface area (Å²) < 4.78 is 66.0. The molecule has 1 fully saturated rings. The number of nitrogens with zero attached hydrogens (tertiary/aromatic N) is 6. The van der Waals surface area contributed by atoms with E-state index in [1.54, 1.807) is 70.5 Å².